The van der Waals surface area contributed by atoms with Crippen LogP contribution in [-0.4, -0.2) is 119 Å². The molecule has 18 atom stereocenters. The lowest BCUT2D eigenvalue weighted by molar-refractivity contribution is -0.232. The molecule has 7 aliphatic rings. The van der Waals surface area contributed by atoms with Crippen molar-refractivity contribution in [3.05, 3.63) is 24.3 Å². The standard InChI is InChI=1S/C41H62O11/c1-20-10-29-8-9-33-21(2)11-28(48-33)7-6-25(43)14-35-24(5)40-41(51-35)39(46)32-16-30(47-19-38(32)52-40)12-26(44)13-31-23(4)34(15-27(45)18-42)50-37(31)17-36(49-29)22(20)3/h20,23-24,27-42,45-46H,2-3,6-19H2,1,4-5H3/t20-,23-,24+,27+,28?,29+,30?,31-,32+,33+,34-,35+,36-,37?,38+,39+,40+,41+/m1/s1. The SMILES string of the molecule is C=C1CC2CCC(=O)C[C@@H]3O[C@H]4[C@@H](O)[C@H]5CC(CC(=O)C[C@H]6C(C[C@H]7O[C@@H](CC[C@@H]1O2)C[C@@H](C)C7=C)O[C@H](C[C@H](O)CO)[C@@H]6C)OC[C@@H]5O[C@H]4[C@H]3C. The molecule has 11 nitrogen and oxygen atoms in total. The Kier molecular flexibility index (Phi) is 12.1. The lowest BCUT2D eigenvalue weighted by Crippen LogP contribution is -2.58. The van der Waals surface area contributed by atoms with Gasteiger partial charge in [0, 0.05) is 50.4 Å². The Morgan fingerprint density at radius 3 is 2.29 bits per heavy atom. The maximum absolute atomic E-state index is 13.8. The van der Waals surface area contributed by atoms with Crippen LogP contribution in [0.25, 0.3) is 0 Å². The summed E-state index contributed by atoms with van der Waals surface area (Å²) in [7, 11) is 0. The van der Waals surface area contributed by atoms with E-state index in [1.807, 2.05) is 6.92 Å². The van der Waals surface area contributed by atoms with Crippen molar-refractivity contribution in [2.75, 3.05) is 13.2 Å². The summed E-state index contributed by atoms with van der Waals surface area (Å²) in [5.41, 5.74) is 2.10. The van der Waals surface area contributed by atoms with Crippen LogP contribution < -0.4 is 0 Å². The normalized spacial score (nSPS) is 48.4. The molecule has 3 unspecified atom stereocenters. The van der Waals surface area contributed by atoms with Crippen molar-refractivity contribution in [3.63, 3.8) is 0 Å². The van der Waals surface area contributed by atoms with Gasteiger partial charge in [0.05, 0.1) is 86.5 Å². The zero-order valence-electron chi connectivity index (χ0n) is 31.3. The van der Waals surface area contributed by atoms with Crippen molar-refractivity contribution in [2.45, 2.75) is 177 Å². The summed E-state index contributed by atoms with van der Waals surface area (Å²) in [4.78, 5) is 27.1. The molecule has 0 spiro atoms. The minimum absolute atomic E-state index is 0.0158. The molecule has 0 radical (unpaired) electrons. The van der Waals surface area contributed by atoms with E-state index >= 15 is 0 Å². The maximum Gasteiger partial charge on any atom is 0.135 e. The summed E-state index contributed by atoms with van der Waals surface area (Å²) in [6, 6.07) is 0. The molecule has 0 aromatic rings. The molecule has 3 N–H and O–H groups in total. The Balaban J connectivity index is 1.10. The van der Waals surface area contributed by atoms with Gasteiger partial charge in [0.1, 0.15) is 17.7 Å². The van der Waals surface area contributed by atoms with Crippen LogP contribution in [0.4, 0.5) is 0 Å². The van der Waals surface area contributed by atoms with E-state index < -0.39 is 18.3 Å². The number of ketones is 2. The van der Waals surface area contributed by atoms with Crippen molar-refractivity contribution in [1.82, 2.24) is 0 Å². The van der Waals surface area contributed by atoms with Gasteiger partial charge in [0.25, 0.3) is 0 Å². The highest BCUT2D eigenvalue weighted by molar-refractivity contribution is 5.79. The van der Waals surface area contributed by atoms with Gasteiger partial charge in [-0.05, 0) is 67.4 Å². The fourth-order valence-corrected chi connectivity index (χ4v) is 10.5. The van der Waals surface area contributed by atoms with Gasteiger partial charge < -0.3 is 43.7 Å². The van der Waals surface area contributed by atoms with Crippen LogP contribution in [0, 0.1) is 29.6 Å². The molecule has 0 amide bonds. The molecule has 7 rings (SSSR count). The van der Waals surface area contributed by atoms with Gasteiger partial charge in [0.15, 0.2) is 0 Å². The Morgan fingerprint density at radius 1 is 0.731 bits per heavy atom. The number of rotatable bonds is 3. The number of carbonyl (C=O) groups excluding carboxylic acids is 2. The predicted octanol–water partition coefficient (Wildman–Crippen LogP) is 4.02. The number of hydrogen-bond acceptors (Lipinski definition) is 11. The van der Waals surface area contributed by atoms with E-state index in [-0.39, 0.29) is 122 Å². The van der Waals surface area contributed by atoms with E-state index in [9.17, 15) is 24.9 Å². The third-order valence-electron chi connectivity index (χ3n) is 13.8. The second kappa shape index (κ2) is 16.3. The quantitative estimate of drug-likeness (QED) is 0.362. The number of hydrogen-bond donors (Lipinski definition) is 3. The fraction of sp³-hybridized carbons (Fsp3) is 0.854. The molecular formula is C41H62O11. The Bertz CT molecular complexity index is 1320. The number of Topliss-reactive ketones (excluding diaryl/α,β-unsaturated/α-hetero) is 2. The number of fused-ring (bicyclic) bond motifs is 7. The lowest BCUT2D eigenvalue weighted by Gasteiger charge is -2.46. The van der Waals surface area contributed by atoms with E-state index in [0.717, 1.165) is 36.8 Å². The molecule has 7 saturated heterocycles. The van der Waals surface area contributed by atoms with Crippen molar-refractivity contribution < 1.29 is 53.3 Å². The molecule has 52 heavy (non-hydrogen) atoms. The van der Waals surface area contributed by atoms with Crippen LogP contribution in [0.5, 0.6) is 0 Å². The molecule has 7 heterocycles. The molecule has 0 aromatic carbocycles. The smallest absolute Gasteiger partial charge is 0.135 e. The highest BCUT2D eigenvalue weighted by Gasteiger charge is 2.56. The second-order valence-electron chi connectivity index (χ2n) is 17.4. The first-order chi connectivity index (χ1) is 24.9. The average Bonchev–Trinajstić information content (AvgIpc) is 3.73. The molecule has 7 aliphatic heterocycles. The molecule has 292 valence electrons. The van der Waals surface area contributed by atoms with E-state index in [0.29, 0.717) is 45.1 Å². The van der Waals surface area contributed by atoms with Gasteiger partial charge in [-0.15, -0.1) is 0 Å². The van der Waals surface area contributed by atoms with Gasteiger partial charge in [-0.1, -0.05) is 33.9 Å². The maximum atomic E-state index is 13.8. The summed E-state index contributed by atoms with van der Waals surface area (Å²) in [6.45, 7) is 15.0. The Labute approximate surface area is 308 Å². The monoisotopic (exact) mass is 730 g/mol. The second-order valence-corrected chi connectivity index (χ2v) is 17.4. The minimum atomic E-state index is -0.899. The van der Waals surface area contributed by atoms with E-state index in [4.69, 9.17) is 28.4 Å². The van der Waals surface area contributed by atoms with Crippen LogP contribution in [0.3, 0.4) is 0 Å². The van der Waals surface area contributed by atoms with Gasteiger partial charge in [0.2, 0.25) is 0 Å². The molecule has 8 bridgehead atoms. The van der Waals surface area contributed by atoms with Crippen LogP contribution in [0.1, 0.15) is 97.8 Å². The van der Waals surface area contributed by atoms with Crippen LogP contribution in [0.2, 0.25) is 0 Å². The first-order valence-electron chi connectivity index (χ1n) is 20.1. The third-order valence-corrected chi connectivity index (χ3v) is 13.8. The van der Waals surface area contributed by atoms with Gasteiger partial charge in [-0.2, -0.15) is 0 Å². The molecule has 0 aliphatic carbocycles. The average molecular weight is 731 g/mol. The summed E-state index contributed by atoms with van der Waals surface area (Å²) in [6.07, 6.45) is 1.96. The highest BCUT2D eigenvalue weighted by atomic mass is 16.6. The van der Waals surface area contributed by atoms with Crippen molar-refractivity contribution in [1.29, 1.82) is 0 Å². The summed E-state index contributed by atoms with van der Waals surface area (Å²) in [5, 5.41) is 31.6. The first-order valence-corrected chi connectivity index (χ1v) is 20.1. The van der Waals surface area contributed by atoms with Crippen LogP contribution >= 0.6 is 0 Å². The number of carbonyl (C=O) groups is 2. The largest absolute Gasteiger partial charge is 0.394 e. The van der Waals surface area contributed by atoms with E-state index in [1.165, 1.54) is 0 Å². The first kappa shape index (κ1) is 38.7. The Morgan fingerprint density at radius 2 is 1.50 bits per heavy atom. The summed E-state index contributed by atoms with van der Waals surface area (Å²) >= 11 is 0. The van der Waals surface area contributed by atoms with Crippen LogP contribution in [0.15, 0.2) is 24.3 Å². The van der Waals surface area contributed by atoms with Crippen molar-refractivity contribution >= 4 is 11.6 Å². The molecule has 0 aromatic heterocycles. The third kappa shape index (κ3) is 8.19. The lowest BCUT2D eigenvalue weighted by atomic mass is 9.77. The van der Waals surface area contributed by atoms with Crippen molar-refractivity contribution in [3.8, 4) is 0 Å². The van der Waals surface area contributed by atoms with Crippen LogP contribution in [-0.2, 0) is 38.0 Å². The predicted molar refractivity (Wildman–Crippen MR) is 190 cm³/mol. The summed E-state index contributed by atoms with van der Waals surface area (Å²) in [5.74, 6) is 0.0349. The molecule has 11 heteroatoms. The van der Waals surface area contributed by atoms with E-state index in [2.05, 4.69) is 27.0 Å². The Hall–Kier alpha value is -1.54. The molecular weight excluding hydrogens is 668 g/mol. The van der Waals surface area contributed by atoms with E-state index in [1.54, 1.807) is 0 Å². The van der Waals surface area contributed by atoms with Gasteiger partial charge in [-0.25, -0.2) is 0 Å². The van der Waals surface area contributed by atoms with Gasteiger partial charge >= 0.3 is 0 Å². The number of aliphatic hydroxyl groups is 3. The number of ether oxygens (including phenoxy) is 6. The zero-order valence-corrected chi connectivity index (χ0v) is 31.3. The van der Waals surface area contributed by atoms with Gasteiger partial charge in [-0.3, -0.25) is 9.59 Å². The molecule has 7 fully saturated rings. The van der Waals surface area contributed by atoms with Crippen molar-refractivity contribution in [2.24, 2.45) is 29.6 Å². The molecule has 0 saturated carbocycles. The minimum Gasteiger partial charge on any atom is -0.394 e. The number of aliphatic hydroxyl groups excluding tert-OH is 3. The summed E-state index contributed by atoms with van der Waals surface area (Å²) < 4.78 is 38.9. The highest BCUT2D eigenvalue weighted by Crippen LogP contribution is 2.46. The fourth-order valence-electron chi connectivity index (χ4n) is 10.5. The zero-order chi connectivity index (χ0) is 36.8. The topological polar surface area (TPSA) is 150 Å².